The van der Waals surface area contributed by atoms with Gasteiger partial charge < -0.3 is 0 Å². The minimum absolute atomic E-state index is 0.395. The third-order valence-electron chi connectivity index (χ3n) is 2.18. The van der Waals surface area contributed by atoms with Crippen LogP contribution in [0.3, 0.4) is 0 Å². The molecule has 0 amide bonds. The van der Waals surface area contributed by atoms with E-state index in [1.165, 1.54) is 11.1 Å². The molecule has 0 saturated heterocycles. The van der Waals surface area contributed by atoms with Gasteiger partial charge in [-0.1, -0.05) is 42.5 Å². The Balaban J connectivity index is 2.28. The first-order valence-electron chi connectivity index (χ1n) is 4.33. The van der Waals surface area contributed by atoms with Gasteiger partial charge in [0.1, 0.15) is 0 Å². The van der Waals surface area contributed by atoms with Crippen molar-refractivity contribution in [2.75, 3.05) is 5.88 Å². The Labute approximate surface area is 83.5 Å². The standard InChI is InChI=1S/C12H10Cl/c13-9-3-5-11-8-7-10-4-1-2-6-12(10)11/h1-3,5-8,11H,9H2. The van der Waals surface area contributed by atoms with E-state index in [2.05, 4.69) is 30.4 Å². The van der Waals surface area contributed by atoms with Crippen molar-refractivity contribution >= 4 is 17.7 Å². The molecule has 0 bridgehead atoms. The van der Waals surface area contributed by atoms with Gasteiger partial charge in [-0.15, -0.1) is 11.6 Å². The zero-order valence-electron chi connectivity index (χ0n) is 7.20. The molecule has 1 radical (unpaired) electrons. The van der Waals surface area contributed by atoms with E-state index in [4.69, 9.17) is 11.6 Å². The molecule has 0 N–H and O–H groups in total. The molecule has 1 aromatic rings. The maximum atomic E-state index is 5.59. The Morgan fingerprint density at radius 2 is 2.46 bits per heavy atom. The number of benzene rings is 1. The molecule has 1 atom stereocenters. The normalized spacial score (nSPS) is 19.6. The number of halogens is 1. The minimum Gasteiger partial charge on any atom is -0.122 e. The van der Waals surface area contributed by atoms with Crippen LogP contribution in [0.5, 0.6) is 0 Å². The molecule has 1 aromatic carbocycles. The van der Waals surface area contributed by atoms with Crippen molar-refractivity contribution in [2.45, 2.75) is 5.92 Å². The Morgan fingerprint density at radius 3 is 3.31 bits per heavy atom. The van der Waals surface area contributed by atoms with Crippen molar-refractivity contribution in [3.63, 3.8) is 0 Å². The molecule has 0 aliphatic heterocycles. The maximum absolute atomic E-state index is 5.59. The van der Waals surface area contributed by atoms with Crippen LogP contribution in [0.15, 0.2) is 36.4 Å². The van der Waals surface area contributed by atoms with Crippen molar-refractivity contribution < 1.29 is 0 Å². The van der Waals surface area contributed by atoms with Gasteiger partial charge in [-0.05, 0) is 17.2 Å². The van der Waals surface area contributed by atoms with Crippen LogP contribution in [0.4, 0.5) is 0 Å². The SMILES string of the molecule is ClCC=CC1C=Cc2[c]cccc21. The van der Waals surface area contributed by atoms with Crippen LogP contribution in [0, 0.1) is 6.07 Å². The quantitative estimate of drug-likeness (QED) is 0.494. The second-order valence-electron chi connectivity index (χ2n) is 3.01. The molecule has 0 fully saturated rings. The van der Waals surface area contributed by atoms with Gasteiger partial charge in [-0.3, -0.25) is 0 Å². The lowest BCUT2D eigenvalue weighted by molar-refractivity contribution is 1.11. The fourth-order valence-electron chi connectivity index (χ4n) is 1.57. The van der Waals surface area contributed by atoms with Crippen molar-refractivity contribution in [1.29, 1.82) is 0 Å². The van der Waals surface area contributed by atoms with Crippen LogP contribution in [0.1, 0.15) is 17.0 Å². The van der Waals surface area contributed by atoms with Crippen molar-refractivity contribution in [3.8, 4) is 0 Å². The molecule has 1 aliphatic rings. The van der Waals surface area contributed by atoms with E-state index in [1.807, 2.05) is 18.2 Å². The van der Waals surface area contributed by atoms with Gasteiger partial charge in [0, 0.05) is 11.8 Å². The van der Waals surface area contributed by atoms with E-state index >= 15 is 0 Å². The zero-order chi connectivity index (χ0) is 9.10. The highest BCUT2D eigenvalue weighted by molar-refractivity contribution is 6.18. The van der Waals surface area contributed by atoms with E-state index in [0.29, 0.717) is 11.8 Å². The molecular weight excluding hydrogens is 180 g/mol. The topological polar surface area (TPSA) is 0 Å². The smallest absolute Gasteiger partial charge is 0.0404 e. The van der Waals surface area contributed by atoms with Gasteiger partial charge in [-0.2, -0.15) is 0 Å². The van der Waals surface area contributed by atoms with E-state index in [-0.39, 0.29) is 0 Å². The molecule has 0 nitrogen and oxygen atoms in total. The average molecular weight is 190 g/mol. The van der Waals surface area contributed by atoms with E-state index in [0.717, 1.165) is 0 Å². The first-order valence-corrected chi connectivity index (χ1v) is 4.86. The molecule has 1 unspecified atom stereocenters. The predicted molar refractivity (Wildman–Crippen MR) is 56.9 cm³/mol. The maximum Gasteiger partial charge on any atom is 0.0404 e. The van der Waals surface area contributed by atoms with Crippen LogP contribution in [-0.2, 0) is 0 Å². The highest BCUT2D eigenvalue weighted by Gasteiger charge is 2.12. The summed E-state index contributed by atoms with van der Waals surface area (Å²) in [5, 5.41) is 0. The highest BCUT2D eigenvalue weighted by Crippen LogP contribution is 2.30. The second kappa shape index (κ2) is 3.80. The van der Waals surface area contributed by atoms with Crippen LogP contribution in [0.2, 0.25) is 0 Å². The average Bonchev–Trinajstić information content (AvgIpc) is 2.58. The lowest BCUT2D eigenvalue weighted by Gasteiger charge is -2.03. The summed E-state index contributed by atoms with van der Waals surface area (Å²) >= 11 is 5.59. The number of allylic oxidation sites excluding steroid dienone is 3. The Kier molecular flexibility index (Phi) is 2.51. The summed E-state index contributed by atoms with van der Waals surface area (Å²) in [7, 11) is 0. The number of rotatable bonds is 2. The van der Waals surface area contributed by atoms with Gasteiger partial charge in [-0.25, -0.2) is 0 Å². The molecule has 1 heteroatoms. The number of hydrogen-bond acceptors (Lipinski definition) is 0. The zero-order valence-corrected chi connectivity index (χ0v) is 7.96. The molecule has 13 heavy (non-hydrogen) atoms. The van der Waals surface area contributed by atoms with Crippen LogP contribution < -0.4 is 0 Å². The van der Waals surface area contributed by atoms with Crippen LogP contribution >= 0.6 is 11.6 Å². The summed E-state index contributed by atoms with van der Waals surface area (Å²) in [4.78, 5) is 0. The Bertz CT molecular complexity index is 350. The van der Waals surface area contributed by atoms with Gasteiger partial charge in [0.15, 0.2) is 0 Å². The molecule has 0 saturated carbocycles. The van der Waals surface area contributed by atoms with Gasteiger partial charge in [0.2, 0.25) is 0 Å². The summed E-state index contributed by atoms with van der Waals surface area (Å²) in [6.07, 6.45) is 8.39. The molecule has 2 rings (SSSR count). The number of alkyl halides is 1. The molecule has 1 aliphatic carbocycles. The van der Waals surface area contributed by atoms with Crippen LogP contribution in [-0.4, -0.2) is 5.88 Å². The summed E-state index contributed by atoms with van der Waals surface area (Å²) in [6, 6.07) is 9.30. The van der Waals surface area contributed by atoms with E-state index < -0.39 is 0 Å². The lowest BCUT2D eigenvalue weighted by Crippen LogP contribution is -1.88. The molecule has 0 spiro atoms. The van der Waals surface area contributed by atoms with Crippen molar-refractivity contribution in [1.82, 2.24) is 0 Å². The van der Waals surface area contributed by atoms with Crippen molar-refractivity contribution in [3.05, 3.63) is 53.6 Å². The van der Waals surface area contributed by atoms with E-state index in [9.17, 15) is 0 Å². The summed E-state index contributed by atoms with van der Waals surface area (Å²) in [5.41, 5.74) is 2.52. The summed E-state index contributed by atoms with van der Waals surface area (Å²) in [6.45, 7) is 0. The number of hydrogen-bond donors (Lipinski definition) is 0. The van der Waals surface area contributed by atoms with Gasteiger partial charge in [0.05, 0.1) is 0 Å². The number of fused-ring (bicyclic) bond motifs is 1. The fourth-order valence-corrected chi connectivity index (χ4v) is 1.67. The Hall–Kier alpha value is -1.01. The molecule has 0 heterocycles. The van der Waals surface area contributed by atoms with Crippen molar-refractivity contribution in [2.24, 2.45) is 0 Å². The fraction of sp³-hybridized carbons (Fsp3) is 0.167. The minimum atomic E-state index is 0.395. The largest absolute Gasteiger partial charge is 0.122 e. The third-order valence-corrected chi connectivity index (χ3v) is 2.36. The van der Waals surface area contributed by atoms with E-state index in [1.54, 1.807) is 0 Å². The first kappa shape index (κ1) is 8.58. The summed E-state index contributed by atoms with van der Waals surface area (Å²) < 4.78 is 0. The first-order chi connectivity index (χ1) is 6.42. The van der Waals surface area contributed by atoms with Gasteiger partial charge in [0.25, 0.3) is 0 Å². The van der Waals surface area contributed by atoms with Gasteiger partial charge >= 0.3 is 0 Å². The molecular formula is C12H10Cl. The Morgan fingerprint density at radius 1 is 1.54 bits per heavy atom. The predicted octanol–water partition coefficient (Wildman–Crippen LogP) is 3.39. The monoisotopic (exact) mass is 189 g/mol. The van der Waals surface area contributed by atoms with Crippen LogP contribution in [0.25, 0.3) is 6.08 Å². The second-order valence-corrected chi connectivity index (χ2v) is 3.32. The lowest BCUT2D eigenvalue weighted by atomic mass is 10.0. The highest BCUT2D eigenvalue weighted by atomic mass is 35.5. The summed E-state index contributed by atoms with van der Waals surface area (Å²) in [5.74, 6) is 0.974. The molecule has 0 aromatic heterocycles. The third kappa shape index (κ3) is 1.68. The molecule has 65 valence electrons.